The highest BCUT2D eigenvalue weighted by Gasteiger charge is 2.57. The van der Waals surface area contributed by atoms with Gasteiger partial charge in [-0.3, -0.25) is 4.79 Å². The van der Waals surface area contributed by atoms with E-state index >= 15 is 0 Å². The van der Waals surface area contributed by atoms with Gasteiger partial charge in [0.15, 0.2) is 0 Å². The third-order valence-electron chi connectivity index (χ3n) is 6.55. The molecule has 0 N–H and O–H groups in total. The van der Waals surface area contributed by atoms with Crippen molar-refractivity contribution in [1.29, 1.82) is 0 Å². The molecule has 0 aromatic rings. The van der Waals surface area contributed by atoms with Crippen LogP contribution in [0, 0.1) is 28.6 Å². The zero-order valence-corrected chi connectivity index (χ0v) is 12.2. The van der Waals surface area contributed by atoms with E-state index in [0.29, 0.717) is 11.7 Å². The normalized spacial score (nSPS) is 45.1. The summed E-state index contributed by atoms with van der Waals surface area (Å²) < 4.78 is 0. The van der Waals surface area contributed by atoms with Crippen molar-refractivity contribution in [2.75, 3.05) is 0 Å². The van der Waals surface area contributed by atoms with Gasteiger partial charge in [0.25, 0.3) is 0 Å². The van der Waals surface area contributed by atoms with Crippen molar-refractivity contribution in [2.45, 2.75) is 66.7 Å². The van der Waals surface area contributed by atoms with Gasteiger partial charge in [0.2, 0.25) is 0 Å². The van der Waals surface area contributed by atoms with E-state index in [9.17, 15) is 4.79 Å². The Balaban J connectivity index is 2.39. The van der Waals surface area contributed by atoms with E-state index in [2.05, 4.69) is 27.7 Å². The van der Waals surface area contributed by atoms with Gasteiger partial charge in [0, 0.05) is 5.41 Å². The molecule has 0 spiro atoms. The van der Waals surface area contributed by atoms with Crippen molar-refractivity contribution >= 4 is 5.78 Å². The molecule has 2 aliphatic carbocycles. The van der Waals surface area contributed by atoms with Gasteiger partial charge in [-0.15, -0.1) is 0 Å². The molecule has 2 fully saturated rings. The monoisotopic (exact) mass is 236 g/mol. The summed E-state index contributed by atoms with van der Waals surface area (Å²) in [6.45, 7) is 11.0. The molecule has 0 aromatic carbocycles. The van der Waals surface area contributed by atoms with Gasteiger partial charge in [-0.25, -0.2) is 0 Å². The predicted molar refractivity (Wildman–Crippen MR) is 71.8 cm³/mol. The number of fused-ring (bicyclic) bond motifs is 1. The highest BCUT2D eigenvalue weighted by atomic mass is 16.1. The van der Waals surface area contributed by atoms with Crippen molar-refractivity contribution in [2.24, 2.45) is 28.6 Å². The van der Waals surface area contributed by atoms with Crippen molar-refractivity contribution in [3.63, 3.8) is 0 Å². The second-order valence-electron chi connectivity index (χ2n) is 7.27. The van der Waals surface area contributed by atoms with Gasteiger partial charge in [-0.1, -0.05) is 47.0 Å². The first-order valence-corrected chi connectivity index (χ1v) is 7.33. The highest BCUT2D eigenvalue weighted by Crippen LogP contribution is 2.61. The molecular weight excluding hydrogens is 208 g/mol. The third-order valence-corrected chi connectivity index (χ3v) is 6.55. The molecule has 4 atom stereocenters. The average Bonchev–Trinajstić information content (AvgIpc) is 2.26. The Morgan fingerprint density at radius 3 is 2.29 bits per heavy atom. The zero-order valence-electron chi connectivity index (χ0n) is 12.2. The number of ketones is 1. The fourth-order valence-electron chi connectivity index (χ4n) is 4.95. The smallest absolute Gasteiger partial charge is 0.136 e. The van der Waals surface area contributed by atoms with E-state index in [1.54, 1.807) is 6.92 Å². The minimum Gasteiger partial charge on any atom is -0.299 e. The summed E-state index contributed by atoms with van der Waals surface area (Å²) in [5, 5.41) is 0. The molecule has 0 saturated heterocycles. The van der Waals surface area contributed by atoms with Crippen LogP contribution in [0.5, 0.6) is 0 Å². The maximum Gasteiger partial charge on any atom is 0.136 e. The average molecular weight is 236 g/mol. The molecule has 0 bridgehead atoms. The first kappa shape index (κ1) is 13.1. The molecule has 98 valence electrons. The molecule has 2 saturated carbocycles. The Kier molecular flexibility index (Phi) is 3.16. The van der Waals surface area contributed by atoms with Crippen LogP contribution in [-0.2, 0) is 4.79 Å². The lowest BCUT2D eigenvalue weighted by atomic mass is 9.44. The molecule has 0 aromatic heterocycles. The quantitative estimate of drug-likeness (QED) is 0.657. The molecule has 0 radical (unpaired) electrons. The first-order chi connectivity index (χ1) is 7.81. The molecule has 0 heterocycles. The Hall–Kier alpha value is -0.330. The Bertz CT molecular complexity index is 317. The second kappa shape index (κ2) is 4.10. The number of hydrogen-bond donors (Lipinski definition) is 0. The van der Waals surface area contributed by atoms with E-state index in [-0.39, 0.29) is 10.8 Å². The SMILES string of the molecule is CC(=O)C1(C)C(C)CC2CCCCC2C1(C)C. The summed E-state index contributed by atoms with van der Waals surface area (Å²) in [6.07, 6.45) is 6.78. The standard InChI is InChI=1S/C16H28O/c1-11-10-13-8-6-7-9-14(13)15(3,4)16(11,5)12(2)17/h11,13-14H,6-10H2,1-5H3. The maximum atomic E-state index is 12.2. The summed E-state index contributed by atoms with van der Waals surface area (Å²) in [7, 11) is 0. The second-order valence-corrected chi connectivity index (χ2v) is 7.27. The fraction of sp³-hybridized carbons (Fsp3) is 0.938. The first-order valence-electron chi connectivity index (χ1n) is 7.33. The Morgan fingerprint density at radius 1 is 1.12 bits per heavy atom. The van der Waals surface area contributed by atoms with Gasteiger partial charge in [-0.05, 0) is 42.9 Å². The fourth-order valence-corrected chi connectivity index (χ4v) is 4.95. The number of carbonyl (C=O) groups excluding carboxylic acids is 1. The molecule has 2 aliphatic rings. The predicted octanol–water partition coefficient (Wildman–Crippen LogP) is 4.45. The summed E-state index contributed by atoms with van der Waals surface area (Å²) in [4.78, 5) is 12.2. The number of rotatable bonds is 1. The zero-order chi connectivity index (χ0) is 12.8. The van der Waals surface area contributed by atoms with E-state index in [1.807, 2.05) is 0 Å². The van der Waals surface area contributed by atoms with Gasteiger partial charge in [-0.2, -0.15) is 0 Å². The Morgan fingerprint density at radius 2 is 1.71 bits per heavy atom. The summed E-state index contributed by atoms with van der Waals surface area (Å²) in [6, 6.07) is 0. The summed E-state index contributed by atoms with van der Waals surface area (Å²) in [5.41, 5.74) is 0.0487. The number of Topliss-reactive ketones (excluding diaryl/α,β-unsaturated/α-hetero) is 1. The minimum atomic E-state index is -0.120. The van der Waals surface area contributed by atoms with Crippen molar-refractivity contribution in [1.82, 2.24) is 0 Å². The van der Waals surface area contributed by atoms with Crippen molar-refractivity contribution in [3.8, 4) is 0 Å². The Labute approximate surface area is 106 Å². The minimum absolute atomic E-state index is 0.120. The van der Waals surface area contributed by atoms with Gasteiger partial charge < -0.3 is 0 Å². The lowest BCUT2D eigenvalue weighted by Crippen LogP contribution is -2.56. The molecule has 1 nitrogen and oxygen atoms in total. The summed E-state index contributed by atoms with van der Waals surface area (Å²) in [5.74, 6) is 2.58. The van der Waals surface area contributed by atoms with Gasteiger partial charge >= 0.3 is 0 Å². The topological polar surface area (TPSA) is 17.1 Å². The van der Waals surface area contributed by atoms with Crippen LogP contribution < -0.4 is 0 Å². The van der Waals surface area contributed by atoms with Crippen LogP contribution in [0.15, 0.2) is 0 Å². The van der Waals surface area contributed by atoms with Crippen molar-refractivity contribution in [3.05, 3.63) is 0 Å². The van der Waals surface area contributed by atoms with E-state index in [0.717, 1.165) is 11.8 Å². The van der Waals surface area contributed by atoms with E-state index < -0.39 is 0 Å². The van der Waals surface area contributed by atoms with Crippen LogP contribution in [0.1, 0.15) is 66.7 Å². The molecule has 4 unspecified atom stereocenters. The number of carbonyl (C=O) groups is 1. The maximum absolute atomic E-state index is 12.2. The lowest BCUT2D eigenvalue weighted by molar-refractivity contribution is -0.155. The number of hydrogen-bond acceptors (Lipinski definition) is 1. The lowest BCUT2D eigenvalue weighted by Gasteiger charge is -2.59. The van der Waals surface area contributed by atoms with Crippen molar-refractivity contribution < 1.29 is 4.79 Å². The van der Waals surface area contributed by atoms with Crippen LogP contribution in [-0.4, -0.2) is 5.78 Å². The van der Waals surface area contributed by atoms with Crippen LogP contribution in [0.2, 0.25) is 0 Å². The van der Waals surface area contributed by atoms with Gasteiger partial charge in [0.05, 0.1) is 0 Å². The molecule has 0 amide bonds. The van der Waals surface area contributed by atoms with Crippen LogP contribution in [0.4, 0.5) is 0 Å². The van der Waals surface area contributed by atoms with E-state index in [4.69, 9.17) is 0 Å². The van der Waals surface area contributed by atoms with E-state index in [1.165, 1.54) is 32.1 Å². The third kappa shape index (κ3) is 1.69. The molecule has 0 aliphatic heterocycles. The van der Waals surface area contributed by atoms with Crippen LogP contribution in [0.3, 0.4) is 0 Å². The molecule has 1 heteroatoms. The van der Waals surface area contributed by atoms with Crippen LogP contribution >= 0.6 is 0 Å². The highest BCUT2D eigenvalue weighted by molar-refractivity contribution is 5.83. The molecule has 2 rings (SSSR count). The van der Waals surface area contributed by atoms with Gasteiger partial charge in [0.1, 0.15) is 5.78 Å². The largest absolute Gasteiger partial charge is 0.299 e. The molecular formula is C16H28O. The van der Waals surface area contributed by atoms with Crippen LogP contribution in [0.25, 0.3) is 0 Å². The molecule has 17 heavy (non-hydrogen) atoms. The summed E-state index contributed by atoms with van der Waals surface area (Å²) >= 11 is 0.